The zero-order valence-corrected chi connectivity index (χ0v) is 19.4. The Morgan fingerprint density at radius 2 is 1.25 bits per heavy atom. The van der Waals surface area contributed by atoms with Crippen LogP contribution in [0.3, 0.4) is 0 Å². The number of amides is 2. The minimum Gasteiger partial charge on any atom is -0.456 e. The van der Waals surface area contributed by atoms with E-state index in [1.807, 2.05) is 48.5 Å². The van der Waals surface area contributed by atoms with Crippen molar-refractivity contribution in [3.05, 3.63) is 106 Å². The summed E-state index contributed by atoms with van der Waals surface area (Å²) >= 11 is 0. The van der Waals surface area contributed by atoms with Crippen LogP contribution in [-0.2, 0) is 19.1 Å². The summed E-state index contributed by atoms with van der Waals surface area (Å²) < 4.78 is 18.3. The number of esters is 1. The van der Waals surface area contributed by atoms with Gasteiger partial charge >= 0.3 is 5.97 Å². The first kappa shape index (κ1) is 22.3. The van der Waals surface area contributed by atoms with Gasteiger partial charge in [0.1, 0.15) is 11.9 Å². The van der Waals surface area contributed by atoms with Crippen molar-refractivity contribution in [2.24, 2.45) is 11.8 Å². The molecule has 180 valence electrons. The smallest absolute Gasteiger partial charge is 0.329 e. The lowest BCUT2D eigenvalue weighted by atomic mass is 9.55. The van der Waals surface area contributed by atoms with E-state index in [0.717, 1.165) is 39.3 Å². The van der Waals surface area contributed by atoms with Crippen molar-refractivity contribution in [3.8, 4) is 0 Å². The number of nitrogens with zero attached hydrogens (tertiary/aromatic N) is 1. The highest BCUT2D eigenvalue weighted by atomic mass is 19.1. The molecule has 4 aliphatic rings. The molecule has 1 heterocycles. The average Bonchev–Trinajstić information content (AvgIpc) is 3.17. The SMILES string of the molecule is C[C@@H](C(=O)OCC(=O)c1ccc(F)cc1)N1C(=O)[C@H]2C3c4ccccc4C(c4ccccc43)[C@@H]2C1=O. The molecule has 1 fully saturated rings. The van der Waals surface area contributed by atoms with Crippen LogP contribution in [0.1, 0.15) is 51.4 Å². The number of Topliss-reactive ketones (excluding diaryl/α,β-unsaturated/α-hetero) is 1. The van der Waals surface area contributed by atoms with Crippen LogP contribution in [0.4, 0.5) is 4.39 Å². The first-order chi connectivity index (χ1) is 17.4. The molecule has 0 saturated carbocycles. The van der Waals surface area contributed by atoms with Crippen molar-refractivity contribution in [3.63, 3.8) is 0 Å². The van der Waals surface area contributed by atoms with Gasteiger partial charge in [0.2, 0.25) is 11.8 Å². The minimum atomic E-state index is -1.18. The third-order valence-electron chi connectivity index (χ3n) is 7.72. The molecule has 1 saturated heterocycles. The Labute approximate surface area is 206 Å². The van der Waals surface area contributed by atoms with E-state index in [9.17, 15) is 23.6 Å². The van der Waals surface area contributed by atoms with Crippen LogP contribution in [0.15, 0.2) is 72.8 Å². The summed E-state index contributed by atoms with van der Waals surface area (Å²) in [6.07, 6.45) is 0. The second-order valence-corrected chi connectivity index (χ2v) is 9.52. The first-order valence-corrected chi connectivity index (χ1v) is 11.9. The third kappa shape index (κ3) is 3.15. The molecule has 7 rings (SSSR count). The fourth-order valence-corrected chi connectivity index (χ4v) is 6.16. The summed E-state index contributed by atoms with van der Waals surface area (Å²) in [6.45, 7) is 0.875. The maximum atomic E-state index is 13.7. The van der Waals surface area contributed by atoms with E-state index in [4.69, 9.17) is 4.74 Å². The Bertz CT molecular complexity index is 1320. The lowest BCUT2D eigenvalue weighted by Crippen LogP contribution is -2.45. The summed E-state index contributed by atoms with van der Waals surface area (Å²) in [5.74, 6) is -4.33. The predicted octanol–water partition coefficient (Wildman–Crippen LogP) is 3.83. The fraction of sp³-hybridized carbons (Fsp3) is 0.241. The number of hydrogen-bond donors (Lipinski definition) is 0. The van der Waals surface area contributed by atoms with E-state index in [1.54, 1.807) is 0 Å². The summed E-state index contributed by atoms with van der Waals surface area (Å²) in [5.41, 5.74) is 4.38. The average molecular weight is 483 g/mol. The van der Waals surface area contributed by atoms with E-state index in [2.05, 4.69) is 0 Å². The fourth-order valence-electron chi connectivity index (χ4n) is 6.16. The maximum absolute atomic E-state index is 13.7. The zero-order chi connectivity index (χ0) is 25.1. The predicted molar refractivity (Wildman–Crippen MR) is 127 cm³/mol. The Morgan fingerprint density at radius 1 is 0.806 bits per heavy atom. The van der Waals surface area contributed by atoms with Crippen molar-refractivity contribution >= 4 is 23.6 Å². The van der Waals surface area contributed by atoms with Crippen molar-refractivity contribution in [1.82, 2.24) is 4.90 Å². The quantitative estimate of drug-likeness (QED) is 0.313. The van der Waals surface area contributed by atoms with E-state index < -0.39 is 53.9 Å². The Kier molecular flexibility index (Phi) is 5.10. The van der Waals surface area contributed by atoms with Crippen molar-refractivity contribution in [2.75, 3.05) is 6.61 Å². The van der Waals surface area contributed by atoms with E-state index in [1.165, 1.54) is 19.1 Å². The number of carbonyl (C=O) groups excluding carboxylic acids is 4. The number of carbonyl (C=O) groups is 4. The third-order valence-corrected chi connectivity index (χ3v) is 7.72. The number of ether oxygens (including phenoxy) is 1. The van der Waals surface area contributed by atoms with E-state index in [-0.39, 0.29) is 17.4 Å². The molecular formula is C29H22FNO5. The number of benzene rings is 3. The molecule has 0 radical (unpaired) electrons. The van der Waals surface area contributed by atoms with Crippen LogP contribution in [0, 0.1) is 17.7 Å². The molecule has 0 spiro atoms. The molecule has 0 aromatic heterocycles. The van der Waals surface area contributed by atoms with Gasteiger partial charge < -0.3 is 4.74 Å². The molecule has 2 bridgehead atoms. The highest BCUT2D eigenvalue weighted by Crippen LogP contribution is 2.61. The standard InChI is InChI=1S/C29H22FNO5/c1-15(29(35)36-14-22(32)16-10-12-17(30)13-11-16)31-27(33)25-23-18-6-2-3-7-19(18)24(26(25)28(31)34)21-9-5-4-8-20(21)23/h2-13,15,23-26H,14H2,1H3/t15-,23?,24?,25-,26-/m0/s1. The molecule has 1 aliphatic heterocycles. The number of ketones is 1. The summed E-state index contributed by atoms with van der Waals surface area (Å²) in [7, 11) is 0. The van der Waals surface area contributed by atoms with Gasteiger partial charge in [0.25, 0.3) is 0 Å². The molecule has 3 aliphatic carbocycles. The molecule has 3 aromatic rings. The van der Waals surface area contributed by atoms with Crippen LogP contribution in [0.2, 0.25) is 0 Å². The van der Waals surface area contributed by atoms with Crippen LogP contribution in [0.5, 0.6) is 0 Å². The monoisotopic (exact) mass is 483 g/mol. The lowest BCUT2D eigenvalue weighted by Gasteiger charge is -2.45. The molecule has 2 amide bonds. The van der Waals surface area contributed by atoms with Crippen molar-refractivity contribution < 1.29 is 28.3 Å². The molecule has 7 heteroatoms. The minimum absolute atomic E-state index is 0.198. The van der Waals surface area contributed by atoms with Crippen LogP contribution < -0.4 is 0 Å². The lowest BCUT2D eigenvalue weighted by molar-refractivity contribution is -0.157. The number of likely N-dealkylation sites (tertiary alicyclic amines) is 1. The maximum Gasteiger partial charge on any atom is 0.329 e. The number of imide groups is 1. The topological polar surface area (TPSA) is 80.8 Å². The van der Waals surface area contributed by atoms with E-state index in [0.29, 0.717) is 0 Å². The zero-order valence-electron chi connectivity index (χ0n) is 19.4. The molecular weight excluding hydrogens is 461 g/mol. The van der Waals surface area contributed by atoms with Gasteiger partial charge in [-0.3, -0.25) is 19.3 Å². The van der Waals surface area contributed by atoms with Gasteiger partial charge in [-0.1, -0.05) is 48.5 Å². The first-order valence-electron chi connectivity index (χ1n) is 11.9. The van der Waals surface area contributed by atoms with Crippen LogP contribution in [0.25, 0.3) is 0 Å². The highest BCUT2D eigenvalue weighted by Gasteiger charge is 2.62. The van der Waals surface area contributed by atoms with Gasteiger partial charge in [0, 0.05) is 17.4 Å². The van der Waals surface area contributed by atoms with Gasteiger partial charge in [-0.2, -0.15) is 0 Å². The van der Waals surface area contributed by atoms with Gasteiger partial charge in [0.05, 0.1) is 11.8 Å². The Balaban J connectivity index is 1.26. The number of halogens is 1. The molecule has 36 heavy (non-hydrogen) atoms. The van der Waals surface area contributed by atoms with Gasteiger partial charge in [-0.15, -0.1) is 0 Å². The van der Waals surface area contributed by atoms with E-state index >= 15 is 0 Å². The molecule has 6 nitrogen and oxygen atoms in total. The molecule has 0 N–H and O–H groups in total. The normalized spacial score (nSPS) is 24.1. The summed E-state index contributed by atoms with van der Waals surface area (Å²) in [4.78, 5) is 53.6. The second-order valence-electron chi connectivity index (χ2n) is 9.52. The Hall–Kier alpha value is -4.13. The largest absolute Gasteiger partial charge is 0.456 e. The highest BCUT2D eigenvalue weighted by molar-refractivity contribution is 6.10. The van der Waals surface area contributed by atoms with Crippen LogP contribution >= 0.6 is 0 Å². The molecule has 0 unspecified atom stereocenters. The van der Waals surface area contributed by atoms with Gasteiger partial charge in [-0.25, -0.2) is 9.18 Å². The second kappa shape index (κ2) is 8.22. The van der Waals surface area contributed by atoms with Gasteiger partial charge in [0.15, 0.2) is 12.4 Å². The van der Waals surface area contributed by atoms with Crippen molar-refractivity contribution in [2.45, 2.75) is 24.8 Å². The summed E-state index contributed by atoms with van der Waals surface area (Å²) in [6, 6.07) is 19.5. The molecule has 3 aromatic carbocycles. The molecule has 3 atom stereocenters. The summed E-state index contributed by atoms with van der Waals surface area (Å²) in [5, 5.41) is 0. The number of rotatable bonds is 5. The van der Waals surface area contributed by atoms with Gasteiger partial charge in [-0.05, 0) is 53.4 Å². The number of hydrogen-bond acceptors (Lipinski definition) is 5. The Morgan fingerprint density at radius 3 is 1.69 bits per heavy atom. The van der Waals surface area contributed by atoms with Crippen LogP contribution in [-0.4, -0.2) is 41.1 Å². The van der Waals surface area contributed by atoms with Crippen molar-refractivity contribution in [1.29, 1.82) is 0 Å².